The Morgan fingerprint density at radius 1 is 1.25 bits per heavy atom. The highest BCUT2D eigenvalue weighted by molar-refractivity contribution is 4.99. The predicted octanol–water partition coefficient (Wildman–Crippen LogP) is 2.50. The van der Waals surface area contributed by atoms with Crippen LogP contribution >= 0.6 is 0 Å². The van der Waals surface area contributed by atoms with Gasteiger partial charge in [-0.05, 0) is 47.3 Å². The second-order valence-corrected chi connectivity index (χ2v) is 4.63. The summed E-state index contributed by atoms with van der Waals surface area (Å²) in [6.45, 7) is 13.2. The minimum absolute atomic E-state index is 0.188. The fourth-order valence-electron chi connectivity index (χ4n) is 2.45. The van der Waals surface area contributed by atoms with Crippen LogP contribution in [0.4, 0.5) is 0 Å². The van der Waals surface area contributed by atoms with Crippen molar-refractivity contribution in [3.63, 3.8) is 0 Å². The molecule has 0 spiro atoms. The molecule has 0 radical (unpaired) electrons. The topological polar surface area (TPSA) is 15.3 Å². The van der Waals surface area contributed by atoms with Crippen molar-refractivity contribution in [3.05, 3.63) is 0 Å². The van der Waals surface area contributed by atoms with E-state index in [1.54, 1.807) is 0 Å². The maximum atomic E-state index is 3.44. The second-order valence-electron chi connectivity index (χ2n) is 4.63. The summed E-state index contributed by atoms with van der Waals surface area (Å²) in [6.07, 6.45) is 2.09. The van der Waals surface area contributed by atoms with Crippen molar-refractivity contribution in [2.45, 2.75) is 59.0 Å². The van der Waals surface area contributed by atoms with Gasteiger partial charge >= 0.3 is 0 Å². The van der Waals surface area contributed by atoms with Gasteiger partial charge in [-0.2, -0.15) is 0 Å². The first kappa shape index (κ1) is 15.5. The second kappa shape index (κ2) is 7.70. The maximum absolute atomic E-state index is 3.44. The lowest BCUT2D eigenvalue weighted by molar-refractivity contribution is 0.0914. The van der Waals surface area contributed by atoms with E-state index in [-0.39, 0.29) is 5.54 Å². The van der Waals surface area contributed by atoms with E-state index in [1.165, 1.54) is 0 Å². The average Bonchev–Trinajstić information content (AvgIpc) is 2.25. The molecule has 0 aliphatic rings. The van der Waals surface area contributed by atoms with Gasteiger partial charge in [0, 0.05) is 18.0 Å². The quantitative estimate of drug-likeness (QED) is 0.668. The van der Waals surface area contributed by atoms with Crippen LogP contribution in [-0.4, -0.2) is 36.6 Å². The lowest BCUT2D eigenvalue weighted by Crippen LogP contribution is -2.56. The molecule has 1 atom stereocenters. The number of hydrogen-bond acceptors (Lipinski definition) is 2. The van der Waals surface area contributed by atoms with Crippen LogP contribution in [0, 0.1) is 11.8 Å². The molecular weight excluding hydrogens is 196 g/mol. The Kier molecular flexibility index (Phi) is 7.45. The molecule has 16 heavy (non-hydrogen) atoms. The Balaban J connectivity index is 4.55. The number of hydrogen-bond donors (Lipinski definition) is 1. The lowest BCUT2D eigenvalue weighted by Gasteiger charge is -2.43. The minimum atomic E-state index is 0.188. The summed E-state index contributed by atoms with van der Waals surface area (Å²) in [7, 11) is 2.05. The summed E-state index contributed by atoms with van der Waals surface area (Å²) in [5, 5.41) is 3.44. The summed E-state index contributed by atoms with van der Waals surface area (Å²) in [4.78, 5) is 2.51. The Hall–Kier alpha value is -0.520. The standard InChI is InChI=1S/C14H28N2/c1-7-10-11-12-13(15-6)14(4,5)16(8-2)9-3/h13,15H,8-9,11-12H2,1-6H3. The fourth-order valence-corrected chi connectivity index (χ4v) is 2.45. The van der Waals surface area contributed by atoms with E-state index in [0.717, 1.165) is 25.9 Å². The lowest BCUT2D eigenvalue weighted by atomic mass is 9.89. The zero-order chi connectivity index (χ0) is 12.6. The summed E-state index contributed by atoms with van der Waals surface area (Å²) in [6, 6.07) is 0.494. The summed E-state index contributed by atoms with van der Waals surface area (Å²) >= 11 is 0. The van der Waals surface area contributed by atoms with E-state index in [2.05, 4.69) is 56.8 Å². The highest BCUT2D eigenvalue weighted by Crippen LogP contribution is 2.21. The summed E-state index contributed by atoms with van der Waals surface area (Å²) in [5.41, 5.74) is 0.188. The molecule has 0 saturated heterocycles. The number of nitrogens with zero attached hydrogens (tertiary/aromatic N) is 1. The molecule has 0 aromatic rings. The van der Waals surface area contributed by atoms with Crippen molar-refractivity contribution >= 4 is 0 Å². The van der Waals surface area contributed by atoms with Gasteiger partial charge in [-0.15, -0.1) is 11.8 Å². The van der Waals surface area contributed by atoms with E-state index in [4.69, 9.17) is 0 Å². The van der Waals surface area contributed by atoms with Crippen molar-refractivity contribution in [2.24, 2.45) is 0 Å². The first-order valence-corrected chi connectivity index (χ1v) is 6.36. The molecule has 0 saturated carbocycles. The van der Waals surface area contributed by atoms with Gasteiger partial charge in [-0.1, -0.05) is 13.8 Å². The number of rotatable bonds is 7. The molecule has 1 N–H and O–H groups in total. The van der Waals surface area contributed by atoms with Gasteiger partial charge in [0.05, 0.1) is 0 Å². The normalized spacial score (nSPS) is 13.4. The van der Waals surface area contributed by atoms with Crippen LogP contribution in [0.5, 0.6) is 0 Å². The maximum Gasteiger partial charge on any atom is 0.0306 e. The predicted molar refractivity (Wildman–Crippen MR) is 72.5 cm³/mol. The highest BCUT2D eigenvalue weighted by Gasteiger charge is 2.32. The third kappa shape index (κ3) is 4.15. The largest absolute Gasteiger partial charge is 0.315 e. The van der Waals surface area contributed by atoms with Crippen LogP contribution in [0.3, 0.4) is 0 Å². The number of likely N-dealkylation sites (N-methyl/N-ethyl adjacent to an activating group) is 2. The van der Waals surface area contributed by atoms with E-state index < -0.39 is 0 Å². The van der Waals surface area contributed by atoms with Crippen LogP contribution in [0.15, 0.2) is 0 Å². The smallest absolute Gasteiger partial charge is 0.0306 e. The zero-order valence-corrected chi connectivity index (χ0v) is 11.9. The van der Waals surface area contributed by atoms with Crippen LogP contribution in [0.2, 0.25) is 0 Å². The molecule has 0 heterocycles. The van der Waals surface area contributed by atoms with Crippen molar-refractivity contribution in [1.29, 1.82) is 0 Å². The van der Waals surface area contributed by atoms with Crippen molar-refractivity contribution in [2.75, 3.05) is 20.1 Å². The Labute approximate surface area is 102 Å². The third-order valence-corrected chi connectivity index (χ3v) is 3.51. The van der Waals surface area contributed by atoms with Gasteiger partial charge in [0.25, 0.3) is 0 Å². The van der Waals surface area contributed by atoms with Crippen molar-refractivity contribution in [3.8, 4) is 11.8 Å². The summed E-state index contributed by atoms with van der Waals surface area (Å²) in [5.74, 6) is 6.12. The van der Waals surface area contributed by atoms with Gasteiger partial charge in [0.2, 0.25) is 0 Å². The van der Waals surface area contributed by atoms with Crippen LogP contribution < -0.4 is 5.32 Å². The fraction of sp³-hybridized carbons (Fsp3) is 0.857. The number of nitrogens with one attached hydrogen (secondary N) is 1. The molecule has 94 valence electrons. The third-order valence-electron chi connectivity index (χ3n) is 3.51. The molecule has 2 nitrogen and oxygen atoms in total. The van der Waals surface area contributed by atoms with Crippen LogP contribution in [0.25, 0.3) is 0 Å². The first-order valence-electron chi connectivity index (χ1n) is 6.36. The van der Waals surface area contributed by atoms with E-state index >= 15 is 0 Å². The first-order chi connectivity index (χ1) is 7.54. The Morgan fingerprint density at radius 2 is 1.81 bits per heavy atom. The molecule has 2 heteroatoms. The van der Waals surface area contributed by atoms with Crippen LogP contribution in [-0.2, 0) is 0 Å². The van der Waals surface area contributed by atoms with Gasteiger partial charge in [-0.25, -0.2) is 0 Å². The van der Waals surface area contributed by atoms with E-state index in [0.29, 0.717) is 6.04 Å². The molecule has 1 unspecified atom stereocenters. The summed E-state index contributed by atoms with van der Waals surface area (Å²) < 4.78 is 0. The Morgan fingerprint density at radius 3 is 2.19 bits per heavy atom. The Bertz CT molecular complexity index is 231. The molecule has 0 fully saturated rings. The minimum Gasteiger partial charge on any atom is -0.315 e. The molecular formula is C14H28N2. The molecule has 0 aromatic carbocycles. The highest BCUT2D eigenvalue weighted by atomic mass is 15.2. The molecule has 0 rings (SSSR count). The molecule has 0 amide bonds. The van der Waals surface area contributed by atoms with Crippen molar-refractivity contribution in [1.82, 2.24) is 10.2 Å². The van der Waals surface area contributed by atoms with Gasteiger partial charge in [0.1, 0.15) is 0 Å². The van der Waals surface area contributed by atoms with E-state index in [1.807, 2.05) is 6.92 Å². The van der Waals surface area contributed by atoms with Gasteiger partial charge in [-0.3, -0.25) is 4.90 Å². The van der Waals surface area contributed by atoms with Crippen LogP contribution in [0.1, 0.15) is 47.5 Å². The molecule has 0 aliphatic heterocycles. The zero-order valence-electron chi connectivity index (χ0n) is 11.9. The molecule has 0 aliphatic carbocycles. The molecule has 0 bridgehead atoms. The average molecular weight is 224 g/mol. The van der Waals surface area contributed by atoms with E-state index in [9.17, 15) is 0 Å². The SMILES string of the molecule is CC#CCCC(NC)C(C)(C)N(CC)CC. The van der Waals surface area contributed by atoms with Crippen molar-refractivity contribution < 1.29 is 0 Å². The molecule has 0 aromatic heterocycles. The van der Waals surface area contributed by atoms with Gasteiger partial charge in [0.15, 0.2) is 0 Å². The monoisotopic (exact) mass is 224 g/mol. The van der Waals surface area contributed by atoms with Gasteiger partial charge < -0.3 is 5.32 Å².